The fraction of sp³-hybridized carbons (Fsp3) is 0.659. The number of benzene rings is 2. The largest absolute Gasteiger partial charge is 0.426 e. The van der Waals surface area contributed by atoms with Crippen molar-refractivity contribution < 1.29 is 32.6 Å². The number of nitrogens with two attached hydrogens (primary N) is 1. The van der Waals surface area contributed by atoms with Crippen LogP contribution in [-0.4, -0.2) is 31.2 Å². The average molecular weight is 680 g/mol. The number of fused-ring (bicyclic) bond motifs is 8. The van der Waals surface area contributed by atoms with Gasteiger partial charge in [0.1, 0.15) is 23.1 Å². The quantitative estimate of drug-likeness (QED) is 0.137. The molecule has 0 heterocycles. The highest BCUT2D eigenvalue weighted by Crippen LogP contribution is 2.48. The van der Waals surface area contributed by atoms with Gasteiger partial charge in [-0.1, -0.05) is 51.9 Å². The van der Waals surface area contributed by atoms with Crippen molar-refractivity contribution in [3.05, 3.63) is 58.2 Å². The van der Waals surface area contributed by atoms with Gasteiger partial charge in [-0.2, -0.15) is 0 Å². The summed E-state index contributed by atoms with van der Waals surface area (Å²) in [4.78, 5) is 25.1. The number of rotatable bonds is 12. The zero-order valence-electron chi connectivity index (χ0n) is 29.3. The minimum Gasteiger partial charge on any atom is -0.426 e. The van der Waals surface area contributed by atoms with Gasteiger partial charge >= 0.3 is 11.9 Å². The highest BCUT2D eigenvalue weighted by Gasteiger charge is 2.39. The molecule has 4 aliphatic rings. The number of ether oxygens (including phenoxy) is 3. The Morgan fingerprint density at radius 3 is 2.14 bits per heavy atom. The molecule has 2 fully saturated rings. The van der Waals surface area contributed by atoms with Gasteiger partial charge in [0.15, 0.2) is 0 Å². The zero-order valence-corrected chi connectivity index (χ0v) is 29.3. The second-order valence-corrected chi connectivity index (χ2v) is 15.6. The molecule has 268 valence electrons. The Morgan fingerprint density at radius 1 is 0.776 bits per heavy atom. The third kappa shape index (κ3) is 8.91. The lowest BCUT2D eigenvalue weighted by Crippen LogP contribution is -2.42. The number of carbonyl (C=O) groups is 2. The Kier molecular flexibility index (Phi) is 12.1. The van der Waals surface area contributed by atoms with Crippen LogP contribution in [0.15, 0.2) is 24.3 Å². The van der Waals surface area contributed by atoms with E-state index in [1.54, 1.807) is 0 Å². The molecular weight excluding hydrogens is 624 g/mol. The molecule has 2 N–H and O–H groups in total. The molecular formula is C41H55F2NO5. The number of hydrogen-bond acceptors (Lipinski definition) is 6. The zero-order chi connectivity index (χ0) is 34.4. The summed E-state index contributed by atoms with van der Waals surface area (Å²) in [5, 5.41) is 0. The lowest BCUT2D eigenvalue weighted by atomic mass is 9.63. The molecule has 0 saturated heterocycles. The van der Waals surface area contributed by atoms with Crippen molar-refractivity contribution >= 4 is 11.9 Å². The van der Waals surface area contributed by atoms with Crippen LogP contribution in [0, 0.1) is 23.5 Å². The number of hydrogen-bond donors (Lipinski definition) is 1. The number of halogens is 2. The molecule has 2 unspecified atom stereocenters. The summed E-state index contributed by atoms with van der Waals surface area (Å²) in [6.07, 6.45) is 16.8. The summed E-state index contributed by atoms with van der Waals surface area (Å²) in [5.41, 5.74) is 10.1. The van der Waals surface area contributed by atoms with Crippen LogP contribution in [0.3, 0.4) is 0 Å². The molecule has 8 heteroatoms. The van der Waals surface area contributed by atoms with Crippen LogP contribution in [0.1, 0.15) is 144 Å². The van der Waals surface area contributed by atoms with Crippen molar-refractivity contribution in [3.63, 3.8) is 0 Å². The minimum atomic E-state index is -0.379. The second-order valence-electron chi connectivity index (χ2n) is 15.6. The Morgan fingerprint density at radius 2 is 1.41 bits per heavy atom. The van der Waals surface area contributed by atoms with Gasteiger partial charge in [0.2, 0.25) is 0 Å². The van der Waals surface area contributed by atoms with E-state index in [1.807, 2.05) is 12.1 Å². The van der Waals surface area contributed by atoms with E-state index in [0.717, 1.165) is 73.6 Å². The van der Waals surface area contributed by atoms with Gasteiger partial charge in [-0.25, -0.2) is 8.78 Å². The highest BCUT2D eigenvalue weighted by atomic mass is 19.1. The predicted molar refractivity (Wildman–Crippen MR) is 186 cm³/mol. The summed E-state index contributed by atoms with van der Waals surface area (Å²) in [6.45, 7) is 3.25. The molecule has 6 rings (SSSR count). The lowest BCUT2D eigenvalue weighted by Gasteiger charge is -2.42. The summed E-state index contributed by atoms with van der Waals surface area (Å²) in [6, 6.07) is 6.52. The standard InChI is InChI=1S/C41H55F2NO5/c1-41-17-9-3-4-12-27(26-41)20-34-35(41)23-30(25-37(34)43)49-39(46)16-8-11-19-47-18-10-7-15-38(45)48-29-22-32-31-14-6-2-5-13-28(40(31)44)21-33(32)36(42)24-29/h22-25,27-28,31,40H,2-21,26,44H2,1H3/t27-,28-,31?,40?,41-/m0/s1. The van der Waals surface area contributed by atoms with E-state index in [-0.39, 0.29) is 59.5 Å². The molecule has 2 aromatic rings. The van der Waals surface area contributed by atoms with Crippen LogP contribution >= 0.6 is 0 Å². The van der Waals surface area contributed by atoms with Gasteiger partial charge in [-0.3, -0.25) is 9.59 Å². The van der Waals surface area contributed by atoms with Crippen LogP contribution in [0.25, 0.3) is 0 Å². The fourth-order valence-electron chi connectivity index (χ4n) is 9.27. The van der Waals surface area contributed by atoms with Crippen molar-refractivity contribution in [1.29, 1.82) is 0 Å². The Hall–Kier alpha value is -2.84. The molecule has 0 aliphatic heterocycles. The first-order valence-electron chi connectivity index (χ1n) is 19.1. The van der Waals surface area contributed by atoms with E-state index in [0.29, 0.717) is 62.9 Å². The average Bonchev–Trinajstić information content (AvgIpc) is 3.04. The molecule has 4 bridgehead atoms. The molecule has 0 radical (unpaired) electrons. The van der Waals surface area contributed by atoms with E-state index in [2.05, 4.69) is 6.92 Å². The number of unbranched alkanes of at least 4 members (excludes halogenated alkanes) is 2. The maximum Gasteiger partial charge on any atom is 0.311 e. The van der Waals surface area contributed by atoms with E-state index >= 15 is 8.78 Å². The first-order chi connectivity index (χ1) is 23.7. The topological polar surface area (TPSA) is 87.8 Å². The van der Waals surface area contributed by atoms with Crippen LogP contribution in [-0.2, 0) is 32.6 Å². The number of carbonyl (C=O) groups excluding carboxylic acids is 2. The molecule has 4 aliphatic carbocycles. The minimum absolute atomic E-state index is 0.0235. The summed E-state index contributed by atoms with van der Waals surface area (Å²) < 4.78 is 47.2. The van der Waals surface area contributed by atoms with Crippen LogP contribution in [0.4, 0.5) is 8.78 Å². The van der Waals surface area contributed by atoms with Crippen molar-refractivity contribution in [2.75, 3.05) is 13.2 Å². The van der Waals surface area contributed by atoms with Crippen LogP contribution < -0.4 is 15.2 Å². The third-order valence-corrected chi connectivity index (χ3v) is 11.9. The van der Waals surface area contributed by atoms with E-state index in [1.165, 1.54) is 37.8 Å². The third-order valence-electron chi connectivity index (χ3n) is 11.9. The van der Waals surface area contributed by atoms with E-state index in [4.69, 9.17) is 19.9 Å². The molecule has 5 atom stereocenters. The maximum absolute atomic E-state index is 15.2. The monoisotopic (exact) mass is 679 g/mol. The Balaban J connectivity index is 0.866. The van der Waals surface area contributed by atoms with Gasteiger partial charge in [-0.05, 0) is 122 Å². The number of esters is 2. The fourth-order valence-corrected chi connectivity index (χ4v) is 9.27. The van der Waals surface area contributed by atoms with Crippen LogP contribution in [0.2, 0.25) is 0 Å². The van der Waals surface area contributed by atoms with Gasteiger partial charge in [-0.15, -0.1) is 0 Å². The molecule has 6 nitrogen and oxygen atoms in total. The predicted octanol–water partition coefficient (Wildman–Crippen LogP) is 9.16. The van der Waals surface area contributed by atoms with Crippen molar-refractivity contribution in [2.45, 2.75) is 146 Å². The normalized spacial score (nSPS) is 26.3. The van der Waals surface area contributed by atoms with Gasteiger partial charge < -0.3 is 19.9 Å². The maximum atomic E-state index is 15.2. The van der Waals surface area contributed by atoms with Crippen molar-refractivity contribution in [1.82, 2.24) is 0 Å². The first-order valence-corrected chi connectivity index (χ1v) is 19.1. The highest BCUT2D eigenvalue weighted by molar-refractivity contribution is 5.73. The first kappa shape index (κ1) is 36.0. The van der Waals surface area contributed by atoms with Gasteiger partial charge in [0.25, 0.3) is 0 Å². The smallest absolute Gasteiger partial charge is 0.311 e. The molecule has 0 spiro atoms. The van der Waals surface area contributed by atoms with Crippen molar-refractivity contribution in [3.8, 4) is 11.5 Å². The van der Waals surface area contributed by atoms with E-state index < -0.39 is 0 Å². The molecule has 2 aromatic carbocycles. The van der Waals surface area contributed by atoms with Gasteiger partial charge in [0.05, 0.1) is 0 Å². The van der Waals surface area contributed by atoms with Crippen molar-refractivity contribution in [2.24, 2.45) is 17.6 Å². The molecule has 0 amide bonds. The molecule has 2 saturated carbocycles. The summed E-state index contributed by atoms with van der Waals surface area (Å²) >= 11 is 0. The van der Waals surface area contributed by atoms with E-state index in [9.17, 15) is 9.59 Å². The second kappa shape index (κ2) is 16.5. The van der Waals surface area contributed by atoms with Crippen LogP contribution in [0.5, 0.6) is 11.5 Å². The molecule has 49 heavy (non-hydrogen) atoms. The molecule has 0 aromatic heterocycles. The lowest BCUT2D eigenvalue weighted by molar-refractivity contribution is -0.135. The Bertz CT molecular complexity index is 1480. The SMILES string of the molecule is C[C@@]12CCCCC[C@@H](Cc3c(F)cc(OC(=O)CCCCOCCCCC(=O)Oc4cc(F)c5c(c4)C4CCCCC[C@@H](C5)C4N)cc31)C2. The summed E-state index contributed by atoms with van der Waals surface area (Å²) in [7, 11) is 0. The van der Waals surface area contributed by atoms with Gasteiger partial charge in [0, 0.05) is 44.2 Å². The summed E-state index contributed by atoms with van der Waals surface area (Å²) in [5.74, 6) is 0.264. The Labute approximate surface area is 290 Å².